The number of hydrogen-bond donors (Lipinski definition) is 0. The van der Waals surface area contributed by atoms with E-state index in [4.69, 9.17) is 16.0 Å². The van der Waals surface area contributed by atoms with Crippen molar-refractivity contribution in [1.82, 2.24) is 4.31 Å². The molecule has 1 heterocycles. The van der Waals surface area contributed by atoms with Crippen LogP contribution in [0.4, 0.5) is 0 Å². The number of halogens is 1. The van der Waals surface area contributed by atoms with Crippen LogP contribution in [0.1, 0.15) is 25.5 Å². The molecule has 1 rings (SSSR count). The van der Waals surface area contributed by atoms with Crippen LogP contribution in [0, 0.1) is 0 Å². The third-order valence-electron chi connectivity index (χ3n) is 2.26. The summed E-state index contributed by atoms with van der Waals surface area (Å²) < 4.78 is 30.3. The van der Waals surface area contributed by atoms with Gasteiger partial charge < -0.3 is 4.42 Å². The molecule has 0 spiro atoms. The molecule has 4 nitrogen and oxygen atoms in total. The van der Waals surface area contributed by atoms with E-state index in [0.717, 1.165) is 12.8 Å². The van der Waals surface area contributed by atoms with E-state index < -0.39 is 10.0 Å². The second kappa shape index (κ2) is 5.70. The van der Waals surface area contributed by atoms with Gasteiger partial charge in [-0.1, -0.05) is 13.3 Å². The van der Waals surface area contributed by atoms with Crippen LogP contribution in [0.5, 0.6) is 0 Å². The van der Waals surface area contributed by atoms with Gasteiger partial charge in [0.25, 0.3) is 10.0 Å². The summed E-state index contributed by atoms with van der Waals surface area (Å²) in [6, 6.07) is 3.02. The SMILES string of the molecule is CCCCN(C)S(=O)(=O)c1ccc(CCl)o1. The number of rotatable bonds is 6. The standard InChI is InChI=1S/C10H16ClNO3S/c1-3-4-7-12(2)16(13,14)10-6-5-9(8-11)15-10/h5-6H,3-4,7-8H2,1-2H3. The van der Waals surface area contributed by atoms with Gasteiger partial charge in [0.1, 0.15) is 5.76 Å². The Morgan fingerprint density at radius 2 is 2.12 bits per heavy atom. The average molecular weight is 266 g/mol. The van der Waals surface area contributed by atoms with Crippen LogP contribution in [-0.2, 0) is 15.9 Å². The van der Waals surface area contributed by atoms with E-state index in [2.05, 4.69) is 0 Å². The zero-order valence-electron chi connectivity index (χ0n) is 9.44. The summed E-state index contributed by atoms with van der Waals surface area (Å²) in [4.78, 5) is 0. The lowest BCUT2D eigenvalue weighted by molar-refractivity contribution is 0.392. The number of hydrogen-bond acceptors (Lipinski definition) is 3. The van der Waals surface area contributed by atoms with Crippen LogP contribution < -0.4 is 0 Å². The smallest absolute Gasteiger partial charge is 0.276 e. The highest BCUT2D eigenvalue weighted by atomic mass is 35.5. The molecule has 92 valence electrons. The summed E-state index contributed by atoms with van der Waals surface area (Å²) in [6.45, 7) is 2.51. The Balaban J connectivity index is 2.84. The van der Waals surface area contributed by atoms with Gasteiger partial charge in [-0.2, -0.15) is 4.31 Å². The van der Waals surface area contributed by atoms with E-state index in [1.165, 1.54) is 10.4 Å². The number of alkyl halides is 1. The molecule has 0 amide bonds. The minimum Gasteiger partial charge on any atom is -0.447 e. The highest BCUT2D eigenvalue weighted by Crippen LogP contribution is 2.19. The molecule has 0 bridgehead atoms. The van der Waals surface area contributed by atoms with Gasteiger partial charge in [-0.3, -0.25) is 0 Å². The lowest BCUT2D eigenvalue weighted by Gasteiger charge is -2.14. The Hall–Kier alpha value is -0.520. The van der Waals surface area contributed by atoms with Crippen LogP contribution in [0.15, 0.2) is 21.6 Å². The highest BCUT2D eigenvalue weighted by molar-refractivity contribution is 7.89. The van der Waals surface area contributed by atoms with Crippen LogP contribution in [-0.4, -0.2) is 26.3 Å². The normalized spacial score (nSPS) is 12.2. The highest BCUT2D eigenvalue weighted by Gasteiger charge is 2.23. The third-order valence-corrected chi connectivity index (χ3v) is 4.25. The number of nitrogens with zero attached hydrogens (tertiary/aromatic N) is 1. The average Bonchev–Trinajstić information content (AvgIpc) is 2.74. The Morgan fingerprint density at radius 1 is 1.44 bits per heavy atom. The predicted molar refractivity (Wildman–Crippen MR) is 63.0 cm³/mol. The molecule has 0 fully saturated rings. The Bertz CT molecular complexity index is 427. The second-order valence-electron chi connectivity index (χ2n) is 3.53. The number of furan rings is 1. The molecule has 6 heteroatoms. The topological polar surface area (TPSA) is 50.5 Å². The summed E-state index contributed by atoms with van der Waals surface area (Å²) in [6.07, 6.45) is 1.78. The molecule has 0 N–H and O–H groups in total. The molecular formula is C10H16ClNO3S. The molecule has 0 unspecified atom stereocenters. The summed E-state index contributed by atoms with van der Waals surface area (Å²) in [7, 11) is -1.94. The number of unbranched alkanes of at least 4 members (excludes halogenated alkanes) is 1. The maximum absolute atomic E-state index is 12.0. The largest absolute Gasteiger partial charge is 0.447 e. The summed E-state index contributed by atoms with van der Waals surface area (Å²) >= 11 is 5.55. The fraction of sp³-hybridized carbons (Fsp3) is 0.600. The first-order valence-electron chi connectivity index (χ1n) is 5.13. The van der Waals surface area contributed by atoms with Crippen molar-refractivity contribution in [2.24, 2.45) is 0 Å². The summed E-state index contributed by atoms with van der Waals surface area (Å²) in [5.74, 6) is 0.637. The van der Waals surface area contributed by atoms with Gasteiger partial charge in [-0.05, 0) is 18.6 Å². The van der Waals surface area contributed by atoms with Crippen molar-refractivity contribution in [2.45, 2.75) is 30.7 Å². The fourth-order valence-corrected chi connectivity index (χ4v) is 2.50. The second-order valence-corrected chi connectivity index (χ2v) is 5.78. The molecule has 0 aliphatic rings. The molecule has 0 aliphatic carbocycles. The molecule has 0 saturated carbocycles. The Morgan fingerprint density at radius 3 is 2.62 bits per heavy atom. The minimum absolute atomic E-state index is 0.0400. The van der Waals surface area contributed by atoms with Gasteiger partial charge in [-0.25, -0.2) is 8.42 Å². The zero-order chi connectivity index (χ0) is 12.2. The first-order chi connectivity index (χ1) is 7.52. The summed E-state index contributed by atoms with van der Waals surface area (Å²) in [5.41, 5.74) is 0. The van der Waals surface area contributed by atoms with Crippen molar-refractivity contribution in [3.8, 4) is 0 Å². The molecule has 0 radical (unpaired) electrons. The van der Waals surface area contributed by atoms with Gasteiger partial charge in [0, 0.05) is 13.6 Å². The zero-order valence-corrected chi connectivity index (χ0v) is 11.0. The molecule has 0 atom stereocenters. The number of sulfonamides is 1. The van der Waals surface area contributed by atoms with Crippen molar-refractivity contribution < 1.29 is 12.8 Å². The van der Waals surface area contributed by atoms with E-state index in [1.807, 2.05) is 6.92 Å². The van der Waals surface area contributed by atoms with E-state index in [-0.39, 0.29) is 11.0 Å². The monoisotopic (exact) mass is 265 g/mol. The lowest BCUT2D eigenvalue weighted by atomic mass is 10.3. The van der Waals surface area contributed by atoms with Crippen molar-refractivity contribution >= 4 is 21.6 Å². The first-order valence-corrected chi connectivity index (χ1v) is 7.10. The van der Waals surface area contributed by atoms with Crippen molar-refractivity contribution in [3.05, 3.63) is 17.9 Å². The predicted octanol–water partition coefficient (Wildman–Crippen LogP) is 2.44. The molecule has 1 aromatic rings. The molecular weight excluding hydrogens is 250 g/mol. The fourth-order valence-electron chi connectivity index (χ4n) is 1.22. The van der Waals surface area contributed by atoms with Gasteiger partial charge in [0.15, 0.2) is 0 Å². The maximum Gasteiger partial charge on any atom is 0.276 e. The van der Waals surface area contributed by atoms with Crippen molar-refractivity contribution in [2.75, 3.05) is 13.6 Å². The van der Waals surface area contributed by atoms with Crippen molar-refractivity contribution in [1.29, 1.82) is 0 Å². The van der Waals surface area contributed by atoms with E-state index in [9.17, 15) is 8.42 Å². The Kier molecular flexibility index (Phi) is 4.83. The van der Waals surface area contributed by atoms with Crippen molar-refractivity contribution in [3.63, 3.8) is 0 Å². The van der Waals surface area contributed by atoms with E-state index in [0.29, 0.717) is 12.3 Å². The molecule has 0 aromatic carbocycles. The molecule has 16 heavy (non-hydrogen) atoms. The van der Waals surface area contributed by atoms with Gasteiger partial charge in [0.05, 0.1) is 5.88 Å². The third kappa shape index (κ3) is 2.99. The summed E-state index contributed by atoms with van der Waals surface area (Å²) in [5, 5.41) is -0.0400. The lowest BCUT2D eigenvalue weighted by Crippen LogP contribution is -2.27. The maximum atomic E-state index is 12.0. The van der Waals surface area contributed by atoms with E-state index >= 15 is 0 Å². The molecule has 1 aromatic heterocycles. The molecule has 0 saturated heterocycles. The van der Waals surface area contributed by atoms with E-state index in [1.54, 1.807) is 13.1 Å². The quantitative estimate of drug-likeness (QED) is 0.743. The van der Waals surface area contributed by atoms with Crippen LogP contribution in [0.25, 0.3) is 0 Å². The van der Waals surface area contributed by atoms with Gasteiger partial charge >= 0.3 is 0 Å². The van der Waals surface area contributed by atoms with Crippen LogP contribution in [0.3, 0.4) is 0 Å². The van der Waals surface area contributed by atoms with Crippen LogP contribution >= 0.6 is 11.6 Å². The molecule has 0 aliphatic heterocycles. The Labute approximate surface area is 101 Å². The van der Waals surface area contributed by atoms with Crippen LogP contribution in [0.2, 0.25) is 0 Å². The van der Waals surface area contributed by atoms with Gasteiger partial charge in [-0.15, -0.1) is 11.6 Å². The first kappa shape index (κ1) is 13.5. The van der Waals surface area contributed by atoms with Gasteiger partial charge in [0.2, 0.25) is 5.09 Å². The minimum atomic E-state index is -3.49.